The second-order valence-electron chi connectivity index (χ2n) is 6.06. The summed E-state index contributed by atoms with van der Waals surface area (Å²) in [5.74, 6) is -3.47. The molecule has 138 valence electrons. The van der Waals surface area contributed by atoms with Crippen molar-refractivity contribution in [1.29, 1.82) is 0 Å². The van der Waals surface area contributed by atoms with E-state index in [9.17, 15) is 24.9 Å². The number of anilines is 1. The molecule has 0 aliphatic carbocycles. The third-order valence-electron chi connectivity index (χ3n) is 4.42. The quantitative estimate of drug-likeness (QED) is 0.576. The zero-order valence-electron chi connectivity index (χ0n) is 13.9. The second kappa shape index (κ2) is 6.96. The largest absolute Gasteiger partial charge is 0.394 e. The molecule has 1 unspecified atom stereocenters. The maximum Gasteiger partial charge on any atom is 0.353 e. The van der Waals surface area contributed by atoms with Crippen molar-refractivity contribution in [2.75, 3.05) is 11.9 Å². The van der Waals surface area contributed by atoms with E-state index in [1.807, 2.05) is 0 Å². The zero-order valence-corrected chi connectivity index (χ0v) is 13.9. The van der Waals surface area contributed by atoms with Crippen LogP contribution in [0, 0.1) is 5.92 Å². The first-order chi connectivity index (χ1) is 12.4. The van der Waals surface area contributed by atoms with Gasteiger partial charge in [0.05, 0.1) is 18.6 Å². The number of aromatic nitrogens is 2. The topological polar surface area (TPSA) is 134 Å². The van der Waals surface area contributed by atoms with E-state index in [0.717, 1.165) is 4.57 Å². The summed E-state index contributed by atoms with van der Waals surface area (Å²) in [6.45, 7) is 0.971. The van der Waals surface area contributed by atoms with Gasteiger partial charge in [-0.05, 0) is 18.2 Å². The Morgan fingerprint density at radius 3 is 2.62 bits per heavy atom. The number of hydrogen-bond acceptors (Lipinski definition) is 7. The first-order valence-electron chi connectivity index (χ1n) is 8.02. The van der Waals surface area contributed by atoms with Crippen LogP contribution in [0.15, 0.2) is 47.4 Å². The molecule has 9 nitrogen and oxygen atoms in total. The molecule has 2 aromatic rings. The fraction of sp³-hybridized carbons (Fsp3) is 0.353. The maximum absolute atomic E-state index is 12.3. The van der Waals surface area contributed by atoms with Gasteiger partial charge in [0.2, 0.25) is 0 Å². The minimum absolute atomic E-state index is 0.00797. The molecule has 1 aromatic heterocycles. The van der Waals surface area contributed by atoms with E-state index in [-0.39, 0.29) is 5.82 Å². The summed E-state index contributed by atoms with van der Waals surface area (Å²) in [7, 11) is 0. The van der Waals surface area contributed by atoms with Crippen molar-refractivity contribution < 1.29 is 24.9 Å². The smallest absolute Gasteiger partial charge is 0.353 e. The van der Waals surface area contributed by atoms with Crippen LogP contribution in [0.25, 0.3) is 0 Å². The number of rotatable bonds is 4. The van der Waals surface area contributed by atoms with Gasteiger partial charge in [0, 0.05) is 11.8 Å². The van der Waals surface area contributed by atoms with E-state index in [0.29, 0.717) is 5.56 Å². The lowest BCUT2D eigenvalue weighted by molar-refractivity contribution is -0.276. The van der Waals surface area contributed by atoms with Gasteiger partial charge in [0.25, 0.3) is 11.8 Å². The van der Waals surface area contributed by atoms with Gasteiger partial charge in [-0.1, -0.05) is 25.1 Å². The van der Waals surface area contributed by atoms with E-state index in [2.05, 4.69) is 10.3 Å². The molecule has 9 heteroatoms. The third-order valence-corrected chi connectivity index (χ3v) is 4.42. The molecule has 1 fully saturated rings. The minimum Gasteiger partial charge on any atom is -0.394 e. The van der Waals surface area contributed by atoms with Crippen molar-refractivity contribution in [3.8, 4) is 0 Å². The van der Waals surface area contributed by atoms with Crippen molar-refractivity contribution >= 4 is 11.7 Å². The molecule has 4 atom stereocenters. The monoisotopic (exact) mass is 361 g/mol. The Labute approximate surface area is 148 Å². The van der Waals surface area contributed by atoms with E-state index in [4.69, 9.17) is 4.74 Å². The number of carbonyl (C=O) groups is 1. The molecule has 0 saturated carbocycles. The van der Waals surface area contributed by atoms with E-state index in [1.54, 1.807) is 30.3 Å². The normalized spacial score (nSPS) is 28.1. The number of hydrogen-bond donors (Lipinski definition) is 4. The van der Waals surface area contributed by atoms with Gasteiger partial charge in [-0.25, -0.2) is 9.36 Å². The summed E-state index contributed by atoms with van der Waals surface area (Å²) in [5.41, 5.74) is -0.477. The molecule has 1 aliphatic heterocycles. The van der Waals surface area contributed by atoms with Gasteiger partial charge in [0.1, 0.15) is 11.9 Å². The van der Waals surface area contributed by atoms with Crippen molar-refractivity contribution in [3.05, 3.63) is 58.6 Å². The Hall–Kier alpha value is -2.59. The van der Waals surface area contributed by atoms with Crippen LogP contribution in [0.1, 0.15) is 17.3 Å². The number of nitrogens with zero attached hydrogens (tertiary/aromatic N) is 2. The van der Waals surface area contributed by atoms with Crippen LogP contribution >= 0.6 is 0 Å². The lowest BCUT2D eigenvalue weighted by Crippen LogP contribution is -2.46. The highest BCUT2D eigenvalue weighted by Gasteiger charge is 2.53. The van der Waals surface area contributed by atoms with Crippen molar-refractivity contribution in [3.63, 3.8) is 0 Å². The Bertz CT molecular complexity index is 855. The molecule has 26 heavy (non-hydrogen) atoms. The molecular weight excluding hydrogens is 342 g/mol. The minimum atomic E-state index is -2.15. The average molecular weight is 361 g/mol. The summed E-state index contributed by atoms with van der Waals surface area (Å²) in [6.07, 6.45) is -0.979. The van der Waals surface area contributed by atoms with Gasteiger partial charge >= 0.3 is 5.69 Å². The zero-order chi connectivity index (χ0) is 18.9. The summed E-state index contributed by atoms with van der Waals surface area (Å²) < 4.78 is 6.09. The van der Waals surface area contributed by atoms with Crippen LogP contribution in [0.3, 0.4) is 0 Å². The summed E-state index contributed by atoms with van der Waals surface area (Å²) >= 11 is 0. The number of amides is 1. The summed E-state index contributed by atoms with van der Waals surface area (Å²) in [5, 5.41) is 32.4. The molecule has 1 saturated heterocycles. The standard InChI is InChI=1S/C17H19N3O6/c1-10-14(22)12(9-21)26-17(10,25)20-8-7-13(19-16(20)24)18-15(23)11-5-3-2-4-6-11/h2-8,10,12,14,21-22,25H,9H2,1H3,(H,18,19,23,24)/t10-,12+,14?,17+/m0/s1. The van der Waals surface area contributed by atoms with Crippen LogP contribution < -0.4 is 11.0 Å². The van der Waals surface area contributed by atoms with Crippen molar-refractivity contribution in [1.82, 2.24) is 9.55 Å². The number of nitrogens with one attached hydrogen (secondary N) is 1. The molecule has 3 rings (SSSR count). The highest BCUT2D eigenvalue weighted by molar-refractivity contribution is 6.03. The SMILES string of the molecule is C[C@H]1C(O)[C@@H](CO)O[C@@]1(O)n1ccc(NC(=O)c2ccccc2)nc1=O. The van der Waals surface area contributed by atoms with Gasteiger partial charge in [-0.2, -0.15) is 4.98 Å². The van der Waals surface area contributed by atoms with E-state index < -0.39 is 42.2 Å². The second-order valence-corrected chi connectivity index (χ2v) is 6.06. The van der Waals surface area contributed by atoms with Crippen LogP contribution in [-0.2, 0) is 10.6 Å². The Balaban J connectivity index is 1.84. The Kier molecular flexibility index (Phi) is 4.88. The predicted octanol–water partition coefficient (Wildman–Crippen LogP) is -0.514. The van der Waals surface area contributed by atoms with E-state index in [1.165, 1.54) is 19.2 Å². The number of carbonyl (C=O) groups excluding carboxylic acids is 1. The lowest BCUT2D eigenvalue weighted by Gasteiger charge is -2.28. The molecule has 1 aliphatic rings. The first-order valence-corrected chi connectivity index (χ1v) is 8.02. The fourth-order valence-electron chi connectivity index (χ4n) is 2.86. The molecule has 4 N–H and O–H groups in total. The fourth-order valence-corrected chi connectivity index (χ4v) is 2.86. The molecule has 0 spiro atoms. The summed E-state index contributed by atoms with van der Waals surface area (Å²) in [6, 6.07) is 9.74. The molecule has 2 heterocycles. The molecule has 1 amide bonds. The van der Waals surface area contributed by atoms with Crippen molar-refractivity contribution in [2.24, 2.45) is 5.92 Å². The van der Waals surface area contributed by atoms with Crippen LogP contribution in [0.4, 0.5) is 5.82 Å². The van der Waals surface area contributed by atoms with Crippen LogP contribution in [-0.4, -0.2) is 49.6 Å². The maximum atomic E-state index is 12.3. The number of benzene rings is 1. The van der Waals surface area contributed by atoms with Gasteiger partial charge in [-0.15, -0.1) is 0 Å². The number of aliphatic hydroxyl groups is 3. The molecule has 0 radical (unpaired) electrons. The third kappa shape index (κ3) is 3.13. The van der Waals surface area contributed by atoms with Gasteiger partial charge in [0.15, 0.2) is 0 Å². The highest BCUT2D eigenvalue weighted by atomic mass is 16.7. The van der Waals surface area contributed by atoms with Crippen molar-refractivity contribution in [2.45, 2.75) is 25.0 Å². The summed E-state index contributed by atoms with van der Waals surface area (Å²) in [4.78, 5) is 28.2. The molecule has 1 aromatic carbocycles. The Morgan fingerprint density at radius 2 is 2.04 bits per heavy atom. The lowest BCUT2D eigenvalue weighted by atomic mass is 10.0. The molecule has 0 bridgehead atoms. The van der Waals surface area contributed by atoms with Gasteiger partial charge in [-0.3, -0.25) is 4.79 Å². The average Bonchev–Trinajstić information content (AvgIpc) is 2.87. The van der Waals surface area contributed by atoms with Gasteiger partial charge < -0.3 is 25.4 Å². The van der Waals surface area contributed by atoms with Crippen LogP contribution in [0.2, 0.25) is 0 Å². The highest BCUT2D eigenvalue weighted by Crippen LogP contribution is 2.37. The first kappa shape index (κ1) is 18.2. The predicted molar refractivity (Wildman–Crippen MR) is 90.2 cm³/mol. The Morgan fingerprint density at radius 1 is 1.35 bits per heavy atom. The number of ether oxygens (including phenoxy) is 1. The van der Waals surface area contributed by atoms with E-state index >= 15 is 0 Å². The number of aliphatic hydroxyl groups excluding tert-OH is 2. The molecular formula is C17H19N3O6. The van der Waals surface area contributed by atoms with Crippen LogP contribution in [0.5, 0.6) is 0 Å².